The van der Waals surface area contributed by atoms with Crippen molar-refractivity contribution in [2.45, 2.75) is 0 Å². The van der Waals surface area contributed by atoms with Gasteiger partial charge in [0.2, 0.25) is 0 Å². The minimum Gasteiger partial charge on any atom is -0.246 e. The lowest BCUT2D eigenvalue weighted by atomic mass is 10.1. The molecule has 3 heteroatoms. The molecule has 2 rings (SSSR count). The van der Waals surface area contributed by atoms with Crippen molar-refractivity contribution in [1.82, 2.24) is 4.98 Å². The molecule has 0 aliphatic carbocycles. The van der Waals surface area contributed by atoms with Crippen LogP contribution in [0.5, 0.6) is 0 Å². The number of rotatable bonds is 3. The Labute approximate surface area is 93.4 Å². The summed E-state index contributed by atoms with van der Waals surface area (Å²) in [7, 11) is 0. The van der Waals surface area contributed by atoms with E-state index >= 15 is 0 Å². The average Bonchev–Trinajstić information content (AvgIpc) is 2.39. The van der Waals surface area contributed by atoms with Crippen molar-refractivity contribution in [3.05, 3.63) is 59.6 Å². The molecule has 0 unspecified atom stereocenters. The van der Waals surface area contributed by atoms with Crippen molar-refractivity contribution in [3.8, 4) is 11.3 Å². The second kappa shape index (κ2) is 4.49. The first-order valence-electron chi connectivity index (χ1n) is 4.87. The van der Waals surface area contributed by atoms with Crippen molar-refractivity contribution >= 4 is 11.8 Å². The molecule has 0 radical (unpaired) electrons. The Morgan fingerprint density at radius 3 is 2.50 bits per heavy atom. The fourth-order valence-electron chi connectivity index (χ4n) is 1.46. The van der Waals surface area contributed by atoms with Gasteiger partial charge in [0, 0.05) is 5.56 Å². The van der Waals surface area contributed by atoms with Gasteiger partial charge in [-0.15, -0.1) is 4.91 Å². The van der Waals surface area contributed by atoms with Crippen molar-refractivity contribution in [3.63, 3.8) is 0 Å². The van der Waals surface area contributed by atoms with E-state index in [1.807, 2.05) is 30.3 Å². The number of hydrogen-bond donors (Lipinski definition) is 0. The normalized spacial score (nSPS) is 9.75. The summed E-state index contributed by atoms with van der Waals surface area (Å²) < 4.78 is 0. The molecule has 1 heterocycles. The topological polar surface area (TPSA) is 42.3 Å². The molecule has 0 saturated carbocycles. The average molecular weight is 210 g/mol. The first kappa shape index (κ1) is 10.2. The Kier molecular flexibility index (Phi) is 2.87. The van der Waals surface area contributed by atoms with Gasteiger partial charge in [0.25, 0.3) is 0 Å². The predicted molar refractivity (Wildman–Crippen MR) is 65.2 cm³/mol. The second-order valence-electron chi connectivity index (χ2n) is 3.27. The molecule has 1 aromatic heterocycles. The quantitative estimate of drug-likeness (QED) is 0.723. The molecular weight excluding hydrogens is 200 g/mol. The fraction of sp³-hybridized carbons (Fsp3) is 0. The van der Waals surface area contributed by atoms with Gasteiger partial charge >= 0.3 is 0 Å². The van der Waals surface area contributed by atoms with E-state index in [0.29, 0.717) is 11.4 Å². The zero-order valence-corrected chi connectivity index (χ0v) is 8.63. The standard InChI is InChI=1S/C13H10N2O/c1-2-11-8-9-12(15-16)13(14-11)10-6-4-3-5-7-10/h2-9H,1H2. The summed E-state index contributed by atoms with van der Waals surface area (Å²) >= 11 is 0. The molecule has 0 aliphatic heterocycles. The highest BCUT2D eigenvalue weighted by Crippen LogP contribution is 2.28. The van der Waals surface area contributed by atoms with Crippen LogP contribution in [-0.4, -0.2) is 4.98 Å². The van der Waals surface area contributed by atoms with Gasteiger partial charge in [0.1, 0.15) is 11.4 Å². The number of hydrogen-bond acceptors (Lipinski definition) is 3. The molecule has 0 atom stereocenters. The third kappa shape index (κ3) is 1.88. The van der Waals surface area contributed by atoms with E-state index in [1.165, 1.54) is 0 Å². The van der Waals surface area contributed by atoms with E-state index in [9.17, 15) is 4.91 Å². The zero-order valence-electron chi connectivity index (χ0n) is 8.63. The highest BCUT2D eigenvalue weighted by Gasteiger charge is 2.07. The Hall–Kier alpha value is -2.29. The van der Waals surface area contributed by atoms with Crippen molar-refractivity contribution in [2.75, 3.05) is 0 Å². The third-order valence-corrected chi connectivity index (χ3v) is 2.25. The molecule has 78 valence electrons. The zero-order chi connectivity index (χ0) is 11.4. The molecule has 0 aliphatic rings. The monoisotopic (exact) mass is 210 g/mol. The Bertz CT molecular complexity index is 521. The smallest absolute Gasteiger partial charge is 0.134 e. The maximum absolute atomic E-state index is 10.7. The maximum atomic E-state index is 10.7. The first-order valence-corrected chi connectivity index (χ1v) is 4.87. The highest BCUT2D eigenvalue weighted by atomic mass is 16.3. The van der Waals surface area contributed by atoms with E-state index in [0.717, 1.165) is 11.3 Å². The summed E-state index contributed by atoms with van der Waals surface area (Å²) in [6.45, 7) is 3.65. The number of nitrogens with zero attached hydrogens (tertiary/aromatic N) is 2. The summed E-state index contributed by atoms with van der Waals surface area (Å²) in [6, 6.07) is 12.9. The lowest BCUT2D eigenvalue weighted by Crippen LogP contribution is -1.87. The van der Waals surface area contributed by atoms with Crippen LogP contribution in [0.2, 0.25) is 0 Å². The largest absolute Gasteiger partial charge is 0.246 e. The second-order valence-corrected chi connectivity index (χ2v) is 3.27. The lowest BCUT2D eigenvalue weighted by Gasteiger charge is -2.03. The van der Waals surface area contributed by atoms with Gasteiger partial charge < -0.3 is 0 Å². The van der Waals surface area contributed by atoms with Crippen LogP contribution in [0.15, 0.2) is 54.2 Å². The van der Waals surface area contributed by atoms with E-state index < -0.39 is 0 Å². The van der Waals surface area contributed by atoms with Gasteiger partial charge in [-0.1, -0.05) is 36.9 Å². The van der Waals surface area contributed by atoms with Crippen LogP contribution in [0, 0.1) is 4.91 Å². The van der Waals surface area contributed by atoms with Crippen LogP contribution in [0.4, 0.5) is 5.69 Å². The van der Waals surface area contributed by atoms with E-state index in [1.54, 1.807) is 18.2 Å². The Morgan fingerprint density at radius 2 is 1.88 bits per heavy atom. The van der Waals surface area contributed by atoms with Crippen molar-refractivity contribution < 1.29 is 0 Å². The number of aromatic nitrogens is 1. The molecule has 0 bridgehead atoms. The summed E-state index contributed by atoms with van der Waals surface area (Å²) in [4.78, 5) is 15.0. The number of nitroso groups, excluding NO2 is 1. The number of benzene rings is 1. The lowest BCUT2D eigenvalue weighted by molar-refractivity contribution is 1.27. The molecule has 16 heavy (non-hydrogen) atoms. The maximum Gasteiger partial charge on any atom is 0.134 e. The molecule has 1 aromatic carbocycles. The Balaban J connectivity index is 2.62. The minimum atomic E-state index is 0.344. The molecule has 0 N–H and O–H groups in total. The van der Waals surface area contributed by atoms with Gasteiger partial charge in [-0.25, -0.2) is 4.98 Å². The molecule has 0 amide bonds. The summed E-state index contributed by atoms with van der Waals surface area (Å²) in [5.41, 5.74) is 2.54. The Morgan fingerprint density at radius 1 is 1.12 bits per heavy atom. The minimum absolute atomic E-state index is 0.344. The fourth-order valence-corrected chi connectivity index (χ4v) is 1.46. The van der Waals surface area contributed by atoms with Gasteiger partial charge in [-0.05, 0) is 23.4 Å². The molecule has 0 saturated heterocycles. The summed E-state index contributed by atoms with van der Waals surface area (Å²) in [6.07, 6.45) is 1.64. The highest BCUT2D eigenvalue weighted by molar-refractivity contribution is 5.73. The van der Waals surface area contributed by atoms with Crippen LogP contribution in [0.25, 0.3) is 17.3 Å². The van der Waals surface area contributed by atoms with Crippen LogP contribution in [-0.2, 0) is 0 Å². The van der Waals surface area contributed by atoms with Crippen LogP contribution < -0.4 is 0 Å². The van der Waals surface area contributed by atoms with Gasteiger partial charge in [-0.2, -0.15) is 0 Å². The van der Waals surface area contributed by atoms with E-state index in [4.69, 9.17) is 0 Å². The van der Waals surface area contributed by atoms with Crippen molar-refractivity contribution in [2.24, 2.45) is 5.18 Å². The molecule has 3 nitrogen and oxygen atoms in total. The van der Waals surface area contributed by atoms with E-state index in [-0.39, 0.29) is 0 Å². The van der Waals surface area contributed by atoms with Gasteiger partial charge in [0.05, 0.1) is 5.69 Å². The van der Waals surface area contributed by atoms with Crippen molar-refractivity contribution in [1.29, 1.82) is 0 Å². The molecular formula is C13H10N2O. The van der Waals surface area contributed by atoms with Gasteiger partial charge in [-0.3, -0.25) is 0 Å². The van der Waals surface area contributed by atoms with Crippen LogP contribution in [0.3, 0.4) is 0 Å². The number of pyridine rings is 1. The summed E-state index contributed by atoms with van der Waals surface area (Å²) in [5, 5.41) is 2.98. The van der Waals surface area contributed by atoms with Crippen LogP contribution >= 0.6 is 0 Å². The predicted octanol–water partition coefficient (Wildman–Crippen LogP) is 3.79. The molecule has 0 spiro atoms. The third-order valence-electron chi connectivity index (χ3n) is 2.25. The summed E-state index contributed by atoms with van der Waals surface area (Å²) in [5.74, 6) is 0. The van der Waals surface area contributed by atoms with Crippen LogP contribution in [0.1, 0.15) is 5.69 Å². The van der Waals surface area contributed by atoms with E-state index in [2.05, 4.69) is 16.7 Å². The molecule has 0 fully saturated rings. The first-order chi connectivity index (χ1) is 7.85. The van der Waals surface area contributed by atoms with Gasteiger partial charge in [0.15, 0.2) is 0 Å². The SMILES string of the molecule is C=Cc1ccc(N=O)c(-c2ccccc2)n1. The molecule has 2 aromatic rings.